The Morgan fingerprint density at radius 2 is 1.77 bits per heavy atom. The summed E-state index contributed by atoms with van der Waals surface area (Å²) in [6.07, 6.45) is 4.59. The van der Waals surface area contributed by atoms with Crippen LogP contribution < -0.4 is 9.46 Å². The highest BCUT2D eigenvalue weighted by Gasteiger charge is 2.26. The first-order valence-electron chi connectivity index (χ1n) is 13.0. The lowest BCUT2D eigenvalue weighted by molar-refractivity contribution is -0.119. The van der Waals surface area contributed by atoms with E-state index in [4.69, 9.17) is 9.26 Å². The van der Waals surface area contributed by atoms with E-state index in [9.17, 15) is 13.2 Å². The Bertz CT molecular complexity index is 1720. The highest BCUT2D eigenvalue weighted by Crippen LogP contribution is 2.24. The van der Waals surface area contributed by atoms with E-state index in [2.05, 4.69) is 45.3 Å². The van der Waals surface area contributed by atoms with Gasteiger partial charge in [0.2, 0.25) is 5.91 Å². The number of nitrogens with zero attached hydrogens (tertiary/aromatic N) is 3. The lowest BCUT2D eigenvalue weighted by Gasteiger charge is -2.14. The number of aryl methyl sites for hydroxylation is 3. The number of fused-ring (bicyclic) bond motifs is 1. The molecule has 0 saturated heterocycles. The van der Waals surface area contributed by atoms with Gasteiger partial charge >= 0.3 is 0 Å². The van der Waals surface area contributed by atoms with Crippen LogP contribution in [0.4, 0.5) is 0 Å². The van der Waals surface area contributed by atoms with Gasteiger partial charge in [-0.25, -0.2) is 13.1 Å². The van der Waals surface area contributed by atoms with Crippen molar-refractivity contribution in [3.05, 3.63) is 107 Å². The minimum atomic E-state index is -4.09. The van der Waals surface area contributed by atoms with Crippen molar-refractivity contribution in [3.8, 4) is 5.75 Å². The van der Waals surface area contributed by atoms with Gasteiger partial charge in [0.25, 0.3) is 10.0 Å². The zero-order valence-corrected chi connectivity index (χ0v) is 23.1. The molecular formula is C30H30N4O5S. The highest BCUT2D eigenvalue weighted by atomic mass is 32.2. The van der Waals surface area contributed by atoms with E-state index in [1.165, 1.54) is 24.6 Å². The first kappa shape index (κ1) is 27.1. The average Bonchev–Trinajstić information content (AvgIpc) is 3.57. The van der Waals surface area contributed by atoms with E-state index in [1.54, 1.807) is 6.20 Å². The highest BCUT2D eigenvalue weighted by molar-refractivity contribution is 7.90. The summed E-state index contributed by atoms with van der Waals surface area (Å²) in [4.78, 5) is 12.5. The number of nitrogens with one attached hydrogen (secondary N) is 1. The lowest BCUT2D eigenvalue weighted by Crippen LogP contribution is -2.31. The fraction of sp³-hybridized carbons (Fsp3) is 0.233. The summed E-state index contributed by atoms with van der Waals surface area (Å²) in [5, 5.41) is 10.3. The third-order valence-electron chi connectivity index (χ3n) is 6.60. The second-order valence-electron chi connectivity index (χ2n) is 9.61. The summed E-state index contributed by atoms with van der Waals surface area (Å²) in [5.41, 5.74) is 3.18. The molecule has 0 spiro atoms. The number of carbonyl (C=O) groups excluding carboxylic acids is 1. The second-order valence-corrected chi connectivity index (χ2v) is 11.2. The van der Waals surface area contributed by atoms with E-state index < -0.39 is 15.9 Å². The van der Waals surface area contributed by atoms with E-state index in [0.717, 1.165) is 16.7 Å². The largest absolute Gasteiger partial charge is 0.493 e. The SMILES string of the molecule is Cc1noc(C)c1S(=O)(=O)NC(=O)CCc1ccc(Cn2cccn2)cc1OCCc1ccc2ccccc2c1. The predicted octanol–water partition coefficient (Wildman–Crippen LogP) is 4.75. The van der Waals surface area contributed by atoms with Crippen molar-refractivity contribution in [2.45, 2.75) is 44.6 Å². The van der Waals surface area contributed by atoms with Gasteiger partial charge in [-0.2, -0.15) is 5.10 Å². The third-order valence-corrected chi connectivity index (χ3v) is 8.22. The van der Waals surface area contributed by atoms with Gasteiger partial charge in [-0.3, -0.25) is 9.48 Å². The Hall–Kier alpha value is -4.44. The van der Waals surface area contributed by atoms with E-state index in [-0.39, 0.29) is 22.8 Å². The third kappa shape index (κ3) is 6.40. The minimum absolute atomic E-state index is 0.0395. The van der Waals surface area contributed by atoms with Gasteiger partial charge in [0.1, 0.15) is 11.4 Å². The van der Waals surface area contributed by atoms with Gasteiger partial charge in [-0.05, 0) is 59.9 Å². The summed E-state index contributed by atoms with van der Waals surface area (Å²) < 4.78 is 40.6. The van der Waals surface area contributed by atoms with Crippen LogP contribution in [0.2, 0.25) is 0 Å². The Balaban J connectivity index is 1.28. The smallest absolute Gasteiger partial charge is 0.269 e. The molecular weight excluding hydrogens is 528 g/mol. The molecule has 0 radical (unpaired) electrons. The van der Waals surface area contributed by atoms with Crippen molar-refractivity contribution < 1.29 is 22.5 Å². The molecule has 3 aromatic carbocycles. The van der Waals surface area contributed by atoms with Crippen LogP contribution in [0.1, 0.15) is 34.6 Å². The summed E-state index contributed by atoms with van der Waals surface area (Å²) in [5.74, 6) is 0.169. The van der Waals surface area contributed by atoms with Crippen LogP contribution in [0.15, 0.2) is 88.5 Å². The van der Waals surface area contributed by atoms with Crippen LogP contribution in [0.25, 0.3) is 10.8 Å². The lowest BCUT2D eigenvalue weighted by atomic mass is 10.0. The molecule has 0 saturated carbocycles. The molecule has 0 bridgehead atoms. The molecule has 0 atom stereocenters. The van der Waals surface area contributed by atoms with Crippen molar-refractivity contribution in [1.29, 1.82) is 0 Å². The van der Waals surface area contributed by atoms with Crippen LogP contribution in [-0.2, 0) is 34.2 Å². The second kappa shape index (κ2) is 11.7. The molecule has 9 nitrogen and oxygen atoms in total. The maximum absolute atomic E-state index is 12.7. The zero-order valence-electron chi connectivity index (χ0n) is 22.3. The van der Waals surface area contributed by atoms with Gasteiger partial charge in [-0.15, -0.1) is 0 Å². The number of hydrogen-bond donors (Lipinski definition) is 1. The van der Waals surface area contributed by atoms with Crippen LogP contribution >= 0.6 is 0 Å². The molecule has 0 aliphatic rings. The van der Waals surface area contributed by atoms with Crippen LogP contribution in [-0.4, -0.2) is 35.9 Å². The van der Waals surface area contributed by atoms with Crippen LogP contribution in [0, 0.1) is 13.8 Å². The predicted molar refractivity (Wildman–Crippen MR) is 151 cm³/mol. The topological polar surface area (TPSA) is 116 Å². The summed E-state index contributed by atoms with van der Waals surface area (Å²) in [6.45, 7) is 4.03. The first-order chi connectivity index (χ1) is 19.3. The molecule has 10 heteroatoms. The van der Waals surface area contributed by atoms with Crippen molar-refractivity contribution in [2.75, 3.05) is 6.61 Å². The Labute approximate surface area is 232 Å². The van der Waals surface area contributed by atoms with Gasteiger partial charge in [0.15, 0.2) is 10.7 Å². The molecule has 2 aromatic heterocycles. The van der Waals surface area contributed by atoms with Gasteiger partial charge < -0.3 is 9.26 Å². The van der Waals surface area contributed by atoms with Crippen molar-refractivity contribution in [2.24, 2.45) is 0 Å². The number of carbonyl (C=O) groups is 1. The number of rotatable bonds is 11. The number of amides is 1. The molecule has 40 heavy (non-hydrogen) atoms. The molecule has 206 valence electrons. The monoisotopic (exact) mass is 558 g/mol. The summed E-state index contributed by atoms with van der Waals surface area (Å²) in [6, 6.07) is 22.3. The van der Waals surface area contributed by atoms with E-state index in [0.29, 0.717) is 31.7 Å². The normalized spacial score (nSPS) is 11.6. The van der Waals surface area contributed by atoms with Crippen molar-refractivity contribution in [1.82, 2.24) is 19.7 Å². The number of hydrogen-bond acceptors (Lipinski definition) is 7. The number of ether oxygens (including phenoxy) is 1. The summed E-state index contributed by atoms with van der Waals surface area (Å²) >= 11 is 0. The molecule has 1 amide bonds. The maximum atomic E-state index is 12.7. The van der Waals surface area contributed by atoms with Crippen LogP contribution in [0.3, 0.4) is 0 Å². The molecule has 5 aromatic rings. The Morgan fingerprint density at radius 1 is 0.975 bits per heavy atom. The molecule has 5 rings (SSSR count). The fourth-order valence-electron chi connectivity index (χ4n) is 4.65. The van der Waals surface area contributed by atoms with Gasteiger partial charge in [-0.1, -0.05) is 59.8 Å². The quantitative estimate of drug-likeness (QED) is 0.249. The minimum Gasteiger partial charge on any atom is -0.493 e. The Morgan fingerprint density at radius 3 is 2.52 bits per heavy atom. The zero-order chi connectivity index (χ0) is 28.1. The number of benzene rings is 3. The Kier molecular flexibility index (Phi) is 7.97. The van der Waals surface area contributed by atoms with Crippen LogP contribution in [0.5, 0.6) is 5.75 Å². The molecule has 0 aliphatic carbocycles. The van der Waals surface area contributed by atoms with Crippen molar-refractivity contribution in [3.63, 3.8) is 0 Å². The van der Waals surface area contributed by atoms with Gasteiger partial charge in [0.05, 0.1) is 13.2 Å². The molecule has 0 aliphatic heterocycles. The fourth-order valence-corrected chi connectivity index (χ4v) is 6.00. The van der Waals surface area contributed by atoms with Gasteiger partial charge in [0, 0.05) is 25.2 Å². The summed E-state index contributed by atoms with van der Waals surface area (Å²) in [7, 11) is -4.09. The standard InChI is InChI=1S/C30H30N4O5S/c1-21-30(22(2)39-32-21)40(36,37)33-29(35)13-12-26-11-9-24(20-34-16-5-15-31-34)19-28(26)38-17-14-23-8-10-25-6-3-4-7-27(25)18-23/h3-11,15-16,18-19H,12-14,17,20H2,1-2H3,(H,33,35). The number of aromatic nitrogens is 3. The molecule has 0 unspecified atom stereocenters. The molecule has 1 N–H and O–H groups in total. The van der Waals surface area contributed by atoms with Crippen molar-refractivity contribution >= 4 is 26.7 Å². The molecule has 2 heterocycles. The number of sulfonamides is 1. The average molecular weight is 559 g/mol. The van der Waals surface area contributed by atoms with E-state index in [1.807, 2.05) is 47.3 Å². The maximum Gasteiger partial charge on any atom is 0.269 e. The molecule has 0 fully saturated rings. The van der Waals surface area contributed by atoms with E-state index >= 15 is 0 Å². The first-order valence-corrected chi connectivity index (χ1v) is 14.4.